The summed E-state index contributed by atoms with van der Waals surface area (Å²) in [6, 6.07) is 15.7. The van der Waals surface area contributed by atoms with Crippen LogP contribution in [0, 0.1) is 5.92 Å². The number of carbonyl (C=O) groups excluding carboxylic acids is 2. The lowest BCUT2D eigenvalue weighted by Gasteiger charge is -2.36. The van der Waals surface area contributed by atoms with Crippen molar-refractivity contribution in [3.63, 3.8) is 0 Å². The largest absolute Gasteiger partial charge is 0.351 e. The molecule has 2 unspecified atom stereocenters. The number of hydrogen-bond acceptors (Lipinski definition) is 4. The quantitative estimate of drug-likeness (QED) is 0.498. The maximum absolute atomic E-state index is 12.7. The van der Waals surface area contributed by atoms with Gasteiger partial charge in [0, 0.05) is 48.6 Å². The van der Waals surface area contributed by atoms with Crippen molar-refractivity contribution in [3.8, 4) is 0 Å². The summed E-state index contributed by atoms with van der Waals surface area (Å²) in [4.78, 5) is 31.2. The number of aromatic nitrogens is 1. The number of pyridine rings is 1. The molecule has 4 rings (SSSR count). The van der Waals surface area contributed by atoms with Crippen LogP contribution >= 0.6 is 11.6 Å². The van der Waals surface area contributed by atoms with Gasteiger partial charge < -0.3 is 15.0 Å². The first-order valence-electron chi connectivity index (χ1n) is 11.6. The molecule has 0 radical (unpaired) electrons. The van der Waals surface area contributed by atoms with Crippen molar-refractivity contribution in [2.45, 2.75) is 32.1 Å². The fourth-order valence-electron chi connectivity index (χ4n) is 4.61. The Labute approximate surface area is 200 Å². The highest BCUT2D eigenvalue weighted by Gasteiger charge is 2.29. The minimum absolute atomic E-state index is 0.0476. The summed E-state index contributed by atoms with van der Waals surface area (Å²) in [5, 5.41) is 4.59. The number of fused-ring (bicyclic) bond motifs is 1. The van der Waals surface area contributed by atoms with Gasteiger partial charge in [-0.15, -0.1) is 0 Å². The minimum Gasteiger partial charge on any atom is -0.351 e. The van der Waals surface area contributed by atoms with Crippen LogP contribution in [0.1, 0.15) is 53.6 Å². The van der Waals surface area contributed by atoms with E-state index in [4.69, 9.17) is 11.6 Å². The molecular weight excluding hydrogens is 434 g/mol. The van der Waals surface area contributed by atoms with E-state index in [1.54, 1.807) is 18.3 Å². The molecule has 2 atom stereocenters. The number of piperidine rings is 1. The van der Waals surface area contributed by atoms with Gasteiger partial charge in [-0.1, -0.05) is 61.8 Å². The van der Waals surface area contributed by atoms with Gasteiger partial charge in [-0.25, -0.2) is 0 Å². The Bertz CT molecular complexity index is 1130. The molecule has 1 fully saturated rings. The molecule has 1 aliphatic heterocycles. The van der Waals surface area contributed by atoms with Crippen molar-refractivity contribution < 1.29 is 9.59 Å². The number of amides is 1. The number of halogens is 1. The fraction of sp³-hybridized carbons (Fsp3) is 0.370. The van der Waals surface area contributed by atoms with Crippen LogP contribution in [0.15, 0.2) is 54.7 Å². The lowest BCUT2D eigenvalue weighted by Crippen LogP contribution is -2.43. The van der Waals surface area contributed by atoms with Gasteiger partial charge >= 0.3 is 0 Å². The average Bonchev–Trinajstić information content (AvgIpc) is 2.84. The molecule has 0 aliphatic carbocycles. The Kier molecular flexibility index (Phi) is 7.41. The molecule has 6 heteroatoms. The van der Waals surface area contributed by atoms with E-state index in [1.165, 1.54) is 5.56 Å². The Balaban J connectivity index is 1.36. The van der Waals surface area contributed by atoms with Crippen molar-refractivity contribution in [1.82, 2.24) is 15.2 Å². The molecule has 0 saturated carbocycles. The SMILES string of the molecule is CC(C)c1cnc2cc(C(=O)NCCN3CCC(C=O)C(c4ccccc4)C3)ccc2c1Cl. The Hall–Kier alpha value is -2.76. The predicted molar refractivity (Wildman–Crippen MR) is 133 cm³/mol. The standard InChI is InChI=1S/C27H30ClN3O2/c1-18(2)23-15-30-25-14-20(8-9-22(25)26(23)28)27(33)29-11-13-31-12-10-21(17-32)24(16-31)19-6-4-3-5-7-19/h3-9,14-15,17-18,21,24H,10-13,16H2,1-2H3,(H,29,33). The third-order valence-corrected chi connectivity index (χ3v) is 7.00. The van der Waals surface area contributed by atoms with Crippen molar-refractivity contribution in [2.24, 2.45) is 5.92 Å². The summed E-state index contributed by atoms with van der Waals surface area (Å²) in [6.07, 6.45) is 3.73. The summed E-state index contributed by atoms with van der Waals surface area (Å²) in [6.45, 7) is 7.14. The second-order valence-electron chi connectivity index (χ2n) is 9.08. The molecule has 0 spiro atoms. The Morgan fingerprint density at radius 2 is 2.03 bits per heavy atom. The molecule has 3 aromatic rings. The lowest BCUT2D eigenvalue weighted by atomic mass is 9.81. The molecule has 1 aliphatic rings. The molecule has 1 saturated heterocycles. The molecule has 2 heterocycles. The monoisotopic (exact) mass is 463 g/mol. The molecule has 2 aromatic carbocycles. The van der Waals surface area contributed by atoms with Crippen LogP contribution in [0.2, 0.25) is 5.02 Å². The van der Waals surface area contributed by atoms with E-state index in [0.717, 1.165) is 48.8 Å². The lowest BCUT2D eigenvalue weighted by molar-refractivity contribution is -0.113. The second kappa shape index (κ2) is 10.4. The van der Waals surface area contributed by atoms with E-state index < -0.39 is 0 Å². The van der Waals surface area contributed by atoms with Gasteiger partial charge in [-0.05, 0) is 42.1 Å². The van der Waals surface area contributed by atoms with Crippen LogP contribution < -0.4 is 5.32 Å². The average molecular weight is 464 g/mol. The van der Waals surface area contributed by atoms with Gasteiger partial charge in [0.05, 0.1) is 10.5 Å². The van der Waals surface area contributed by atoms with E-state index in [0.29, 0.717) is 17.1 Å². The molecule has 33 heavy (non-hydrogen) atoms. The highest BCUT2D eigenvalue weighted by Crippen LogP contribution is 2.32. The molecule has 0 bridgehead atoms. The van der Waals surface area contributed by atoms with E-state index in [1.807, 2.05) is 24.3 Å². The highest BCUT2D eigenvalue weighted by molar-refractivity contribution is 6.36. The van der Waals surface area contributed by atoms with Crippen molar-refractivity contribution >= 4 is 34.7 Å². The Morgan fingerprint density at radius 1 is 1.24 bits per heavy atom. The van der Waals surface area contributed by atoms with Gasteiger partial charge in [-0.2, -0.15) is 0 Å². The van der Waals surface area contributed by atoms with Gasteiger partial charge in [0.1, 0.15) is 6.29 Å². The first kappa shape index (κ1) is 23.4. The summed E-state index contributed by atoms with van der Waals surface area (Å²) < 4.78 is 0. The van der Waals surface area contributed by atoms with Crippen molar-refractivity contribution in [3.05, 3.63) is 76.4 Å². The summed E-state index contributed by atoms with van der Waals surface area (Å²) in [5.41, 5.74) is 3.50. The summed E-state index contributed by atoms with van der Waals surface area (Å²) in [5.74, 6) is 0.409. The van der Waals surface area contributed by atoms with Crippen molar-refractivity contribution in [2.75, 3.05) is 26.2 Å². The van der Waals surface area contributed by atoms with Gasteiger partial charge in [0.15, 0.2) is 0 Å². The van der Waals surface area contributed by atoms with Crippen LogP contribution in [0.4, 0.5) is 0 Å². The molecule has 5 nitrogen and oxygen atoms in total. The van der Waals surface area contributed by atoms with Gasteiger partial charge in [0.25, 0.3) is 5.91 Å². The zero-order valence-corrected chi connectivity index (χ0v) is 19.9. The van der Waals surface area contributed by atoms with Crippen LogP contribution in [-0.4, -0.2) is 48.3 Å². The number of likely N-dealkylation sites (tertiary alicyclic amines) is 1. The van der Waals surface area contributed by atoms with Gasteiger partial charge in [-0.3, -0.25) is 9.78 Å². The van der Waals surface area contributed by atoms with Crippen LogP contribution in [0.5, 0.6) is 0 Å². The molecule has 1 amide bonds. The topological polar surface area (TPSA) is 62.3 Å². The zero-order chi connectivity index (χ0) is 23.4. The number of aldehydes is 1. The minimum atomic E-state index is -0.120. The van der Waals surface area contributed by atoms with E-state index >= 15 is 0 Å². The summed E-state index contributed by atoms with van der Waals surface area (Å²) in [7, 11) is 0. The maximum atomic E-state index is 12.7. The van der Waals surface area contributed by atoms with Crippen molar-refractivity contribution in [1.29, 1.82) is 0 Å². The first-order chi connectivity index (χ1) is 16.0. The van der Waals surface area contributed by atoms with E-state index in [9.17, 15) is 9.59 Å². The van der Waals surface area contributed by atoms with E-state index in [2.05, 4.69) is 41.2 Å². The maximum Gasteiger partial charge on any atom is 0.251 e. The molecule has 172 valence electrons. The number of carbonyl (C=O) groups is 2. The fourth-order valence-corrected chi connectivity index (χ4v) is 5.03. The normalized spacial score (nSPS) is 19.0. The molecule has 1 N–H and O–H groups in total. The molecule has 1 aromatic heterocycles. The number of benzene rings is 2. The van der Waals surface area contributed by atoms with Crippen LogP contribution in [0.25, 0.3) is 10.9 Å². The van der Waals surface area contributed by atoms with E-state index in [-0.39, 0.29) is 23.7 Å². The van der Waals surface area contributed by atoms with Gasteiger partial charge in [0.2, 0.25) is 0 Å². The molecular formula is C27H30ClN3O2. The zero-order valence-electron chi connectivity index (χ0n) is 19.1. The highest BCUT2D eigenvalue weighted by atomic mass is 35.5. The number of nitrogens with zero attached hydrogens (tertiary/aromatic N) is 2. The first-order valence-corrected chi connectivity index (χ1v) is 11.9. The number of hydrogen-bond donors (Lipinski definition) is 1. The summed E-state index contributed by atoms with van der Waals surface area (Å²) >= 11 is 6.55. The predicted octanol–water partition coefficient (Wildman–Crippen LogP) is 5.05. The van der Waals surface area contributed by atoms with Crippen LogP contribution in [-0.2, 0) is 4.79 Å². The third-order valence-electron chi connectivity index (χ3n) is 6.58. The Morgan fingerprint density at radius 3 is 2.76 bits per heavy atom. The third kappa shape index (κ3) is 5.26. The number of rotatable bonds is 7. The number of nitrogens with one attached hydrogen (secondary N) is 1. The second-order valence-corrected chi connectivity index (χ2v) is 9.45. The van der Waals surface area contributed by atoms with Crippen LogP contribution in [0.3, 0.4) is 0 Å². The smallest absolute Gasteiger partial charge is 0.251 e.